The van der Waals surface area contributed by atoms with Gasteiger partial charge in [0.05, 0.1) is 12.7 Å². The lowest BCUT2D eigenvalue weighted by atomic mass is 10.2. The van der Waals surface area contributed by atoms with Crippen LogP contribution in [-0.4, -0.2) is 17.8 Å². The molecular formula is C11H15FO2. The highest BCUT2D eigenvalue weighted by atomic mass is 19.1. The Balaban J connectivity index is 2.53. The number of aliphatic hydroxyl groups is 1. The van der Waals surface area contributed by atoms with Crippen LogP contribution >= 0.6 is 0 Å². The van der Waals surface area contributed by atoms with Crippen LogP contribution in [-0.2, 0) is 0 Å². The van der Waals surface area contributed by atoms with Gasteiger partial charge in [-0.05, 0) is 25.5 Å². The molecule has 1 unspecified atom stereocenters. The molecule has 1 N–H and O–H groups in total. The average Bonchev–Trinajstić information content (AvgIpc) is 2.10. The predicted octanol–water partition coefficient (Wildman–Crippen LogP) is 2.28. The summed E-state index contributed by atoms with van der Waals surface area (Å²) in [5.41, 5.74) is 0.900. The molecule has 0 bridgehead atoms. The molecule has 1 rings (SSSR count). The molecule has 0 aliphatic carbocycles. The second-order valence-corrected chi connectivity index (χ2v) is 3.40. The molecule has 1 aromatic rings. The third-order valence-corrected chi connectivity index (χ3v) is 1.94. The summed E-state index contributed by atoms with van der Waals surface area (Å²) in [4.78, 5) is 0. The van der Waals surface area contributed by atoms with E-state index in [9.17, 15) is 4.39 Å². The van der Waals surface area contributed by atoms with Crippen LogP contribution in [0.15, 0.2) is 18.2 Å². The van der Waals surface area contributed by atoms with Crippen molar-refractivity contribution in [2.24, 2.45) is 0 Å². The molecule has 78 valence electrons. The number of ether oxygens (including phenoxy) is 1. The molecule has 0 saturated heterocycles. The standard InChI is InChI=1S/C11H15FO2/c1-8-3-4-10(12)7-11(8)14-6-5-9(2)13/h3-4,7,9,13H,5-6H2,1-2H3. The zero-order valence-electron chi connectivity index (χ0n) is 8.46. The maximum Gasteiger partial charge on any atom is 0.126 e. The highest BCUT2D eigenvalue weighted by molar-refractivity contribution is 5.32. The van der Waals surface area contributed by atoms with Crippen LogP contribution in [0.3, 0.4) is 0 Å². The van der Waals surface area contributed by atoms with E-state index in [4.69, 9.17) is 9.84 Å². The molecular weight excluding hydrogens is 183 g/mol. The molecule has 1 aromatic carbocycles. The van der Waals surface area contributed by atoms with E-state index >= 15 is 0 Å². The Morgan fingerprint density at radius 3 is 2.86 bits per heavy atom. The molecule has 0 spiro atoms. The number of halogens is 1. The summed E-state index contributed by atoms with van der Waals surface area (Å²) in [6, 6.07) is 4.43. The summed E-state index contributed by atoms with van der Waals surface area (Å²) >= 11 is 0. The first-order valence-electron chi connectivity index (χ1n) is 4.66. The van der Waals surface area contributed by atoms with Crippen LogP contribution in [0.1, 0.15) is 18.9 Å². The van der Waals surface area contributed by atoms with E-state index in [2.05, 4.69) is 0 Å². The van der Waals surface area contributed by atoms with Gasteiger partial charge in [0, 0.05) is 12.5 Å². The van der Waals surface area contributed by atoms with Gasteiger partial charge in [0.2, 0.25) is 0 Å². The number of hydrogen-bond donors (Lipinski definition) is 1. The zero-order chi connectivity index (χ0) is 10.6. The van der Waals surface area contributed by atoms with Crippen molar-refractivity contribution in [3.05, 3.63) is 29.6 Å². The molecule has 0 fully saturated rings. The van der Waals surface area contributed by atoms with Crippen molar-refractivity contribution in [3.63, 3.8) is 0 Å². The Labute approximate surface area is 83.3 Å². The van der Waals surface area contributed by atoms with Crippen LogP contribution < -0.4 is 4.74 Å². The molecule has 3 heteroatoms. The summed E-state index contributed by atoms with van der Waals surface area (Å²) in [5, 5.41) is 9.00. The maximum atomic E-state index is 12.8. The fourth-order valence-electron chi connectivity index (χ4n) is 1.07. The van der Waals surface area contributed by atoms with Gasteiger partial charge in [-0.3, -0.25) is 0 Å². The van der Waals surface area contributed by atoms with Gasteiger partial charge in [0.25, 0.3) is 0 Å². The number of aryl methyl sites for hydroxylation is 1. The van der Waals surface area contributed by atoms with Gasteiger partial charge in [-0.1, -0.05) is 6.07 Å². The van der Waals surface area contributed by atoms with Crippen molar-refractivity contribution in [2.75, 3.05) is 6.61 Å². The second kappa shape index (κ2) is 4.96. The minimum atomic E-state index is -0.385. The summed E-state index contributed by atoms with van der Waals surface area (Å²) in [5.74, 6) is 0.244. The van der Waals surface area contributed by atoms with Gasteiger partial charge in [-0.2, -0.15) is 0 Å². The van der Waals surface area contributed by atoms with Gasteiger partial charge in [0.15, 0.2) is 0 Å². The van der Waals surface area contributed by atoms with Gasteiger partial charge in [-0.15, -0.1) is 0 Å². The zero-order valence-corrected chi connectivity index (χ0v) is 8.46. The van der Waals surface area contributed by atoms with Crippen molar-refractivity contribution >= 4 is 0 Å². The largest absolute Gasteiger partial charge is 0.493 e. The molecule has 0 saturated carbocycles. The van der Waals surface area contributed by atoms with Crippen molar-refractivity contribution in [2.45, 2.75) is 26.4 Å². The minimum absolute atomic E-state index is 0.303. The van der Waals surface area contributed by atoms with E-state index in [1.807, 2.05) is 6.92 Å². The molecule has 2 nitrogen and oxygen atoms in total. The minimum Gasteiger partial charge on any atom is -0.493 e. The number of rotatable bonds is 4. The van der Waals surface area contributed by atoms with Crippen molar-refractivity contribution in [3.8, 4) is 5.75 Å². The van der Waals surface area contributed by atoms with Gasteiger partial charge in [-0.25, -0.2) is 4.39 Å². The molecule has 0 amide bonds. The van der Waals surface area contributed by atoms with Crippen LogP contribution in [0, 0.1) is 12.7 Å². The van der Waals surface area contributed by atoms with Crippen LogP contribution in [0.4, 0.5) is 4.39 Å². The van der Waals surface area contributed by atoms with Crippen LogP contribution in [0.25, 0.3) is 0 Å². The molecule has 0 radical (unpaired) electrons. The Bertz CT molecular complexity index is 297. The lowest BCUT2D eigenvalue weighted by Crippen LogP contribution is -2.08. The van der Waals surface area contributed by atoms with E-state index < -0.39 is 0 Å². The average molecular weight is 198 g/mol. The number of benzene rings is 1. The topological polar surface area (TPSA) is 29.5 Å². The van der Waals surface area contributed by atoms with Crippen molar-refractivity contribution in [1.82, 2.24) is 0 Å². The number of hydrogen-bond acceptors (Lipinski definition) is 2. The normalized spacial score (nSPS) is 12.6. The highest BCUT2D eigenvalue weighted by Crippen LogP contribution is 2.18. The summed E-state index contributed by atoms with van der Waals surface area (Å²) < 4.78 is 18.1. The van der Waals surface area contributed by atoms with Crippen molar-refractivity contribution in [1.29, 1.82) is 0 Å². The third-order valence-electron chi connectivity index (χ3n) is 1.94. The molecule has 0 aromatic heterocycles. The maximum absolute atomic E-state index is 12.8. The summed E-state index contributed by atoms with van der Waals surface area (Å²) in [7, 11) is 0. The van der Waals surface area contributed by atoms with E-state index in [-0.39, 0.29) is 11.9 Å². The molecule has 0 heterocycles. The summed E-state index contributed by atoms with van der Waals surface area (Å²) in [6.07, 6.45) is 0.166. The molecule has 14 heavy (non-hydrogen) atoms. The molecule has 1 atom stereocenters. The highest BCUT2D eigenvalue weighted by Gasteiger charge is 2.02. The van der Waals surface area contributed by atoms with E-state index in [0.29, 0.717) is 18.8 Å². The van der Waals surface area contributed by atoms with Crippen molar-refractivity contribution < 1.29 is 14.2 Å². The van der Waals surface area contributed by atoms with E-state index in [1.54, 1.807) is 13.0 Å². The Hall–Kier alpha value is -1.09. The second-order valence-electron chi connectivity index (χ2n) is 3.40. The van der Waals surface area contributed by atoms with Crippen LogP contribution in [0.2, 0.25) is 0 Å². The first-order chi connectivity index (χ1) is 6.59. The SMILES string of the molecule is Cc1ccc(F)cc1OCCC(C)O. The van der Waals surface area contributed by atoms with E-state index in [0.717, 1.165) is 5.56 Å². The first-order valence-corrected chi connectivity index (χ1v) is 4.66. The summed E-state index contributed by atoms with van der Waals surface area (Å²) in [6.45, 7) is 3.96. The quantitative estimate of drug-likeness (QED) is 0.804. The smallest absolute Gasteiger partial charge is 0.126 e. The Morgan fingerprint density at radius 2 is 2.21 bits per heavy atom. The fraction of sp³-hybridized carbons (Fsp3) is 0.455. The molecule has 0 aliphatic heterocycles. The fourth-order valence-corrected chi connectivity index (χ4v) is 1.07. The van der Waals surface area contributed by atoms with E-state index in [1.165, 1.54) is 12.1 Å². The lowest BCUT2D eigenvalue weighted by molar-refractivity contribution is 0.155. The third kappa shape index (κ3) is 3.34. The van der Waals surface area contributed by atoms with Gasteiger partial charge >= 0.3 is 0 Å². The van der Waals surface area contributed by atoms with Crippen LogP contribution in [0.5, 0.6) is 5.75 Å². The molecule has 0 aliphatic rings. The predicted molar refractivity (Wildman–Crippen MR) is 52.9 cm³/mol. The van der Waals surface area contributed by atoms with Gasteiger partial charge in [0.1, 0.15) is 11.6 Å². The first kappa shape index (κ1) is 11.0. The lowest BCUT2D eigenvalue weighted by Gasteiger charge is -2.09. The monoisotopic (exact) mass is 198 g/mol. The Kier molecular flexibility index (Phi) is 3.89. The Morgan fingerprint density at radius 1 is 1.50 bits per heavy atom. The number of aliphatic hydroxyl groups excluding tert-OH is 1. The van der Waals surface area contributed by atoms with Gasteiger partial charge < -0.3 is 9.84 Å².